The lowest BCUT2D eigenvalue weighted by molar-refractivity contribution is 0.0993. The Balaban J connectivity index is 1.86. The second-order valence-electron chi connectivity index (χ2n) is 4.26. The molecule has 2 aromatic heterocycles. The molecule has 0 spiro atoms. The molecule has 6 nitrogen and oxygen atoms in total. The molecular weight excluding hydrogens is 328 g/mol. The van der Waals surface area contributed by atoms with Crippen molar-refractivity contribution in [3.63, 3.8) is 0 Å². The maximum Gasteiger partial charge on any atom is 0.293 e. The number of fused-ring (bicyclic) bond motifs is 1. The summed E-state index contributed by atoms with van der Waals surface area (Å²) in [5.74, 6) is -0.654. The number of hydrogen-bond donors (Lipinski definition) is 1. The van der Waals surface area contributed by atoms with Gasteiger partial charge < -0.3 is 9.15 Å². The normalized spacial score (nSPS) is 10.6. The fourth-order valence-electron chi connectivity index (χ4n) is 1.78. The van der Waals surface area contributed by atoms with E-state index in [4.69, 9.17) is 20.8 Å². The third kappa shape index (κ3) is 2.81. The number of ether oxygens (including phenoxy) is 1. The monoisotopic (exact) mass is 336 g/mol. The molecule has 0 aliphatic heterocycles. The summed E-state index contributed by atoms with van der Waals surface area (Å²) in [5, 5.41) is 3.57. The molecule has 0 unspecified atom stereocenters. The number of benzene rings is 1. The lowest BCUT2D eigenvalue weighted by Crippen LogP contribution is -2.15. The second kappa shape index (κ2) is 5.78. The Morgan fingerprint density at radius 3 is 2.95 bits per heavy atom. The third-order valence-electron chi connectivity index (χ3n) is 2.81. The number of rotatable bonds is 3. The quantitative estimate of drug-likeness (QED) is 0.794. The van der Waals surface area contributed by atoms with Crippen molar-refractivity contribution < 1.29 is 13.9 Å². The van der Waals surface area contributed by atoms with Crippen LogP contribution in [0.4, 0.5) is 5.13 Å². The SMILES string of the molecule is COc1coc(C(=O)Nc2nc3ccc(Cl)cc3s2)cc1=O. The van der Waals surface area contributed by atoms with Gasteiger partial charge in [-0.1, -0.05) is 22.9 Å². The van der Waals surface area contributed by atoms with E-state index in [9.17, 15) is 9.59 Å². The van der Waals surface area contributed by atoms with Crippen molar-refractivity contribution >= 4 is 44.2 Å². The number of hydrogen-bond acceptors (Lipinski definition) is 6. The van der Waals surface area contributed by atoms with Gasteiger partial charge in [-0.25, -0.2) is 4.98 Å². The Kier molecular flexibility index (Phi) is 3.82. The lowest BCUT2D eigenvalue weighted by Gasteiger charge is -2.01. The first-order valence-electron chi connectivity index (χ1n) is 6.11. The van der Waals surface area contributed by atoms with Gasteiger partial charge >= 0.3 is 0 Å². The van der Waals surface area contributed by atoms with Gasteiger partial charge in [0.1, 0.15) is 6.26 Å². The largest absolute Gasteiger partial charge is 0.490 e. The number of anilines is 1. The fraction of sp³-hybridized carbons (Fsp3) is 0.0714. The molecule has 1 aromatic carbocycles. The molecule has 0 saturated heterocycles. The van der Waals surface area contributed by atoms with E-state index in [2.05, 4.69) is 10.3 Å². The molecule has 1 N–H and O–H groups in total. The fourth-order valence-corrected chi connectivity index (χ4v) is 2.91. The highest BCUT2D eigenvalue weighted by Crippen LogP contribution is 2.28. The Bertz CT molecular complexity index is 919. The van der Waals surface area contributed by atoms with Crippen LogP contribution in [0.3, 0.4) is 0 Å². The molecule has 3 rings (SSSR count). The van der Waals surface area contributed by atoms with Gasteiger partial charge in [0.25, 0.3) is 5.91 Å². The Morgan fingerprint density at radius 2 is 2.23 bits per heavy atom. The molecule has 0 fully saturated rings. The van der Waals surface area contributed by atoms with Crippen LogP contribution in [-0.2, 0) is 0 Å². The summed E-state index contributed by atoms with van der Waals surface area (Å²) < 4.78 is 10.7. The summed E-state index contributed by atoms with van der Waals surface area (Å²) in [6, 6.07) is 6.31. The highest BCUT2D eigenvalue weighted by molar-refractivity contribution is 7.22. The second-order valence-corrected chi connectivity index (χ2v) is 5.73. The van der Waals surface area contributed by atoms with Crippen LogP contribution in [0.5, 0.6) is 5.75 Å². The molecule has 0 aliphatic rings. The van der Waals surface area contributed by atoms with Gasteiger partial charge in [-0.3, -0.25) is 14.9 Å². The molecule has 22 heavy (non-hydrogen) atoms. The van der Waals surface area contributed by atoms with E-state index in [-0.39, 0.29) is 11.5 Å². The van der Waals surface area contributed by atoms with Crippen molar-refractivity contribution in [2.75, 3.05) is 12.4 Å². The molecule has 0 atom stereocenters. The number of nitrogens with zero attached hydrogens (tertiary/aromatic N) is 1. The van der Waals surface area contributed by atoms with Crippen molar-refractivity contribution in [1.29, 1.82) is 0 Å². The first-order valence-corrected chi connectivity index (χ1v) is 7.30. The van der Waals surface area contributed by atoms with Crippen LogP contribution in [-0.4, -0.2) is 18.0 Å². The van der Waals surface area contributed by atoms with Crippen LogP contribution < -0.4 is 15.5 Å². The minimum absolute atomic E-state index is 0.0335. The van der Waals surface area contributed by atoms with Gasteiger partial charge in [0.05, 0.1) is 17.3 Å². The number of carbonyl (C=O) groups excluding carboxylic acids is 1. The molecule has 2 heterocycles. The van der Waals surface area contributed by atoms with Crippen molar-refractivity contribution in [3.8, 4) is 5.75 Å². The summed E-state index contributed by atoms with van der Waals surface area (Å²) in [5.41, 5.74) is 0.288. The smallest absolute Gasteiger partial charge is 0.293 e. The zero-order chi connectivity index (χ0) is 15.7. The topological polar surface area (TPSA) is 81.4 Å². The molecule has 0 aliphatic carbocycles. The van der Waals surface area contributed by atoms with Crippen LogP contribution >= 0.6 is 22.9 Å². The Morgan fingerprint density at radius 1 is 1.41 bits per heavy atom. The number of aromatic nitrogens is 1. The van der Waals surface area contributed by atoms with E-state index >= 15 is 0 Å². The minimum atomic E-state index is -0.565. The molecule has 0 saturated carbocycles. The van der Waals surface area contributed by atoms with E-state index < -0.39 is 11.3 Å². The van der Waals surface area contributed by atoms with E-state index in [0.29, 0.717) is 10.2 Å². The molecule has 8 heteroatoms. The number of halogens is 1. The van der Waals surface area contributed by atoms with E-state index in [0.717, 1.165) is 22.5 Å². The predicted octanol–water partition coefficient (Wildman–Crippen LogP) is 3.16. The highest BCUT2D eigenvalue weighted by atomic mass is 35.5. The van der Waals surface area contributed by atoms with Crippen molar-refractivity contribution in [2.45, 2.75) is 0 Å². The number of carbonyl (C=O) groups is 1. The maximum atomic E-state index is 12.1. The van der Waals surface area contributed by atoms with E-state index in [1.807, 2.05) is 0 Å². The summed E-state index contributed by atoms with van der Waals surface area (Å²) in [7, 11) is 1.35. The predicted molar refractivity (Wildman–Crippen MR) is 84.1 cm³/mol. The minimum Gasteiger partial charge on any atom is -0.490 e. The molecule has 1 amide bonds. The molecule has 0 radical (unpaired) electrons. The van der Waals surface area contributed by atoms with Crippen LogP contribution in [0, 0.1) is 0 Å². The zero-order valence-corrected chi connectivity index (χ0v) is 12.8. The molecule has 0 bridgehead atoms. The van der Waals surface area contributed by atoms with Crippen LogP contribution in [0.2, 0.25) is 5.02 Å². The van der Waals surface area contributed by atoms with Crippen LogP contribution in [0.1, 0.15) is 10.6 Å². The summed E-state index contributed by atoms with van der Waals surface area (Å²) in [4.78, 5) is 27.9. The van der Waals surface area contributed by atoms with Gasteiger partial charge in [0.2, 0.25) is 11.2 Å². The molecular formula is C14H9ClN2O4S. The summed E-state index contributed by atoms with van der Waals surface area (Å²) in [6.07, 6.45) is 1.09. The highest BCUT2D eigenvalue weighted by Gasteiger charge is 2.14. The van der Waals surface area contributed by atoms with Crippen molar-refractivity contribution in [2.24, 2.45) is 0 Å². The Hall–Kier alpha value is -2.38. The standard InChI is InChI=1S/C14H9ClN2O4S/c1-20-11-6-21-10(5-9(11)18)13(19)17-14-16-8-3-2-7(15)4-12(8)22-14/h2-6H,1H3,(H,16,17,19). The zero-order valence-electron chi connectivity index (χ0n) is 11.3. The lowest BCUT2D eigenvalue weighted by atomic mass is 10.3. The number of methoxy groups -OCH3 is 1. The number of amides is 1. The average molecular weight is 337 g/mol. The van der Waals surface area contributed by atoms with Crippen LogP contribution in [0.15, 0.2) is 39.7 Å². The third-order valence-corrected chi connectivity index (χ3v) is 3.98. The van der Waals surface area contributed by atoms with Gasteiger partial charge in [0, 0.05) is 11.1 Å². The van der Waals surface area contributed by atoms with E-state index in [1.54, 1.807) is 18.2 Å². The van der Waals surface area contributed by atoms with Gasteiger partial charge in [-0.2, -0.15) is 0 Å². The number of thiazole rings is 1. The summed E-state index contributed by atoms with van der Waals surface area (Å²) in [6.45, 7) is 0. The Labute approximate surface area is 133 Å². The maximum absolute atomic E-state index is 12.1. The first-order chi connectivity index (χ1) is 10.6. The number of nitrogens with one attached hydrogen (secondary N) is 1. The van der Waals surface area contributed by atoms with Gasteiger partial charge in [-0.15, -0.1) is 0 Å². The van der Waals surface area contributed by atoms with E-state index in [1.165, 1.54) is 18.4 Å². The van der Waals surface area contributed by atoms with Crippen molar-refractivity contribution in [1.82, 2.24) is 4.98 Å². The van der Waals surface area contributed by atoms with Gasteiger partial charge in [-0.05, 0) is 18.2 Å². The summed E-state index contributed by atoms with van der Waals surface area (Å²) >= 11 is 7.18. The first kappa shape index (κ1) is 14.6. The van der Waals surface area contributed by atoms with Crippen LogP contribution in [0.25, 0.3) is 10.2 Å². The van der Waals surface area contributed by atoms with Gasteiger partial charge in [0.15, 0.2) is 10.9 Å². The average Bonchev–Trinajstić information content (AvgIpc) is 2.88. The molecule has 3 aromatic rings. The van der Waals surface area contributed by atoms with Crippen molar-refractivity contribution in [3.05, 3.63) is 51.5 Å². The molecule has 112 valence electrons.